The van der Waals surface area contributed by atoms with Gasteiger partial charge in [-0.3, -0.25) is 9.63 Å². The molecule has 0 saturated carbocycles. The monoisotopic (exact) mass is 359 g/mol. The number of carbonyl (C=O) groups excluding carboxylic acids is 1. The Hall–Kier alpha value is -1.43. The van der Waals surface area contributed by atoms with E-state index in [2.05, 4.69) is 47.2 Å². The number of likely N-dealkylation sites (tertiary alicyclic amines) is 1. The van der Waals surface area contributed by atoms with Crippen molar-refractivity contribution in [1.29, 1.82) is 0 Å². The van der Waals surface area contributed by atoms with Gasteiger partial charge in [0, 0.05) is 45.2 Å². The van der Waals surface area contributed by atoms with E-state index in [1.165, 1.54) is 18.4 Å². The summed E-state index contributed by atoms with van der Waals surface area (Å²) in [6.45, 7) is 5.29. The summed E-state index contributed by atoms with van der Waals surface area (Å²) in [5, 5.41) is 1.97. The van der Waals surface area contributed by atoms with Gasteiger partial charge in [0.2, 0.25) is 5.91 Å². The summed E-state index contributed by atoms with van der Waals surface area (Å²) in [7, 11) is 2.20. The largest absolute Gasteiger partial charge is 0.341 e. The predicted molar refractivity (Wildman–Crippen MR) is 104 cm³/mol. The van der Waals surface area contributed by atoms with Crippen molar-refractivity contribution in [2.24, 2.45) is 0 Å². The van der Waals surface area contributed by atoms with Crippen LogP contribution in [0.3, 0.4) is 0 Å². The number of rotatable bonds is 7. The second-order valence-corrected chi connectivity index (χ2v) is 7.57. The molecular weight excluding hydrogens is 326 g/mol. The van der Waals surface area contributed by atoms with Crippen LogP contribution in [0, 0.1) is 0 Å². The van der Waals surface area contributed by atoms with Crippen molar-refractivity contribution in [2.45, 2.75) is 44.6 Å². The van der Waals surface area contributed by atoms with Gasteiger partial charge in [0.25, 0.3) is 0 Å². The summed E-state index contributed by atoms with van der Waals surface area (Å²) < 4.78 is 0. The summed E-state index contributed by atoms with van der Waals surface area (Å²) >= 11 is 0. The SMILES string of the molecule is CN(CCc1ccccc1)[C@H]1CCCN(C(=O)CCN2CCCCO2)C1. The second-order valence-electron chi connectivity index (χ2n) is 7.57. The molecule has 1 atom stereocenters. The van der Waals surface area contributed by atoms with Crippen LogP contribution in [0.2, 0.25) is 0 Å². The average molecular weight is 360 g/mol. The summed E-state index contributed by atoms with van der Waals surface area (Å²) in [5.41, 5.74) is 1.38. The van der Waals surface area contributed by atoms with Gasteiger partial charge in [0.05, 0.1) is 6.61 Å². The molecule has 2 aliphatic heterocycles. The zero-order valence-electron chi connectivity index (χ0n) is 16.1. The van der Waals surface area contributed by atoms with Crippen LogP contribution in [0.15, 0.2) is 30.3 Å². The topological polar surface area (TPSA) is 36.0 Å². The molecule has 5 heteroatoms. The third kappa shape index (κ3) is 5.79. The first-order valence-corrected chi connectivity index (χ1v) is 10.1. The molecule has 0 N–H and O–H groups in total. The minimum Gasteiger partial charge on any atom is -0.341 e. The Morgan fingerprint density at radius 3 is 2.81 bits per heavy atom. The molecule has 0 aliphatic carbocycles. The molecule has 2 aliphatic rings. The smallest absolute Gasteiger partial charge is 0.224 e. The van der Waals surface area contributed by atoms with Gasteiger partial charge in [0.15, 0.2) is 0 Å². The Morgan fingerprint density at radius 2 is 2.04 bits per heavy atom. The molecule has 0 bridgehead atoms. The molecule has 0 spiro atoms. The summed E-state index contributed by atoms with van der Waals surface area (Å²) in [6.07, 6.45) is 6.23. The molecule has 0 unspecified atom stereocenters. The first-order valence-electron chi connectivity index (χ1n) is 10.1. The standard InChI is InChI=1S/C21H33N3O2/c1-22(15-11-19-8-3-2-4-9-19)20-10-7-13-23(18-20)21(25)12-16-24-14-5-6-17-26-24/h2-4,8-9,20H,5-7,10-18H2,1H3/t20-/m0/s1. The highest BCUT2D eigenvalue weighted by atomic mass is 16.7. The van der Waals surface area contributed by atoms with Crippen LogP contribution in [-0.4, -0.2) is 73.2 Å². The lowest BCUT2D eigenvalue weighted by molar-refractivity contribution is -0.182. The molecule has 144 valence electrons. The highest BCUT2D eigenvalue weighted by Gasteiger charge is 2.26. The normalized spacial score (nSPS) is 21.9. The number of amides is 1. The molecule has 1 amide bonds. The molecule has 1 aromatic rings. The minimum absolute atomic E-state index is 0.278. The van der Waals surface area contributed by atoms with E-state index in [1.54, 1.807) is 0 Å². The molecule has 0 radical (unpaired) electrons. The quantitative estimate of drug-likeness (QED) is 0.750. The molecule has 2 fully saturated rings. The van der Waals surface area contributed by atoms with Gasteiger partial charge < -0.3 is 9.80 Å². The van der Waals surface area contributed by atoms with Crippen LogP contribution in [0.4, 0.5) is 0 Å². The lowest BCUT2D eigenvalue weighted by Crippen LogP contribution is -2.49. The maximum absolute atomic E-state index is 12.6. The van der Waals surface area contributed by atoms with E-state index >= 15 is 0 Å². The lowest BCUT2D eigenvalue weighted by atomic mass is 10.0. The Balaban J connectivity index is 1.41. The number of hydrogen-bond acceptors (Lipinski definition) is 4. The van der Waals surface area contributed by atoms with Crippen LogP contribution in [0.5, 0.6) is 0 Å². The third-order valence-electron chi connectivity index (χ3n) is 5.62. The summed E-state index contributed by atoms with van der Waals surface area (Å²) in [4.78, 5) is 22.7. The van der Waals surface area contributed by atoms with Crippen LogP contribution in [0.25, 0.3) is 0 Å². The lowest BCUT2D eigenvalue weighted by Gasteiger charge is -2.38. The fourth-order valence-corrected chi connectivity index (χ4v) is 3.88. The molecular formula is C21H33N3O2. The van der Waals surface area contributed by atoms with E-state index in [-0.39, 0.29) is 5.91 Å². The Labute approximate surface area is 157 Å². The van der Waals surface area contributed by atoms with Gasteiger partial charge in [-0.05, 0) is 44.7 Å². The highest BCUT2D eigenvalue weighted by Crippen LogP contribution is 2.17. The van der Waals surface area contributed by atoms with Gasteiger partial charge in [0.1, 0.15) is 0 Å². The van der Waals surface area contributed by atoms with Crippen LogP contribution >= 0.6 is 0 Å². The van der Waals surface area contributed by atoms with E-state index in [0.29, 0.717) is 12.5 Å². The molecule has 3 rings (SSSR count). The maximum Gasteiger partial charge on any atom is 0.224 e. The first kappa shape index (κ1) is 19.3. The summed E-state index contributed by atoms with van der Waals surface area (Å²) in [5.74, 6) is 0.278. The van der Waals surface area contributed by atoms with Crippen molar-refractivity contribution in [3.05, 3.63) is 35.9 Å². The van der Waals surface area contributed by atoms with Gasteiger partial charge in [-0.25, -0.2) is 0 Å². The van der Waals surface area contributed by atoms with Crippen molar-refractivity contribution in [1.82, 2.24) is 14.9 Å². The van der Waals surface area contributed by atoms with Crippen molar-refractivity contribution in [2.75, 3.05) is 46.4 Å². The predicted octanol–water partition coefficient (Wildman–Crippen LogP) is 2.57. The molecule has 1 aromatic carbocycles. The fraction of sp³-hybridized carbons (Fsp3) is 0.667. The number of hydrogen-bond donors (Lipinski definition) is 0. The van der Waals surface area contributed by atoms with Gasteiger partial charge in [-0.15, -0.1) is 0 Å². The van der Waals surface area contributed by atoms with Crippen molar-refractivity contribution in [3.63, 3.8) is 0 Å². The van der Waals surface area contributed by atoms with Gasteiger partial charge in [-0.1, -0.05) is 30.3 Å². The number of likely N-dealkylation sites (N-methyl/N-ethyl adjacent to an activating group) is 1. The fourth-order valence-electron chi connectivity index (χ4n) is 3.88. The van der Waals surface area contributed by atoms with Crippen molar-refractivity contribution in [3.8, 4) is 0 Å². The number of piperidine rings is 1. The van der Waals surface area contributed by atoms with E-state index in [9.17, 15) is 4.79 Å². The summed E-state index contributed by atoms with van der Waals surface area (Å²) in [6, 6.07) is 11.1. The molecule has 5 nitrogen and oxygen atoms in total. The third-order valence-corrected chi connectivity index (χ3v) is 5.62. The maximum atomic E-state index is 12.6. The Bertz CT molecular complexity index is 545. The average Bonchev–Trinajstić information content (AvgIpc) is 2.72. The van der Waals surface area contributed by atoms with Crippen LogP contribution in [-0.2, 0) is 16.1 Å². The minimum atomic E-state index is 0.278. The van der Waals surface area contributed by atoms with Crippen molar-refractivity contribution < 1.29 is 9.63 Å². The van der Waals surface area contributed by atoms with Gasteiger partial charge >= 0.3 is 0 Å². The number of nitrogens with zero attached hydrogens (tertiary/aromatic N) is 3. The van der Waals surface area contributed by atoms with Crippen molar-refractivity contribution >= 4 is 5.91 Å². The first-order chi connectivity index (χ1) is 12.7. The van der Waals surface area contributed by atoms with Gasteiger partial charge in [-0.2, -0.15) is 5.06 Å². The Morgan fingerprint density at radius 1 is 1.19 bits per heavy atom. The number of benzene rings is 1. The second kappa shape index (κ2) is 10.0. The van der Waals surface area contributed by atoms with E-state index in [1.807, 2.05) is 5.06 Å². The molecule has 26 heavy (non-hydrogen) atoms. The number of carbonyl (C=O) groups is 1. The molecule has 0 aromatic heterocycles. The zero-order valence-corrected chi connectivity index (χ0v) is 16.1. The number of hydroxylamine groups is 2. The molecule has 2 heterocycles. The van der Waals surface area contributed by atoms with E-state index < -0.39 is 0 Å². The van der Waals surface area contributed by atoms with Crippen LogP contribution in [0.1, 0.15) is 37.7 Å². The van der Waals surface area contributed by atoms with Crippen LogP contribution < -0.4 is 0 Å². The Kier molecular flexibility index (Phi) is 7.47. The molecule has 2 saturated heterocycles. The highest BCUT2D eigenvalue weighted by molar-refractivity contribution is 5.76. The van der Waals surface area contributed by atoms with E-state index in [4.69, 9.17) is 4.84 Å². The van der Waals surface area contributed by atoms with E-state index in [0.717, 1.165) is 58.6 Å². The zero-order chi connectivity index (χ0) is 18.2.